The maximum atomic E-state index is 10.9. The molecule has 1 aliphatic carbocycles. The number of carboxylic acids is 1. The van der Waals surface area contributed by atoms with Gasteiger partial charge in [-0.15, -0.1) is 0 Å². The molecule has 1 aromatic carbocycles. The van der Waals surface area contributed by atoms with Gasteiger partial charge in [-0.25, -0.2) is 0 Å². The molecule has 0 saturated carbocycles. The van der Waals surface area contributed by atoms with Crippen LogP contribution in [0.3, 0.4) is 0 Å². The summed E-state index contributed by atoms with van der Waals surface area (Å²) in [5.74, 6) is -0.549. The predicted octanol–water partition coefficient (Wildman–Crippen LogP) is 3.14. The number of rotatable bonds is 2. The van der Waals surface area contributed by atoms with Gasteiger partial charge in [0.05, 0.1) is 6.42 Å². The van der Waals surface area contributed by atoms with Gasteiger partial charge in [-0.3, -0.25) is 4.79 Å². The summed E-state index contributed by atoms with van der Waals surface area (Å²) in [6.45, 7) is 6.44. The minimum Gasteiger partial charge on any atom is -0.481 e. The molecular formula is C14H18O2. The van der Waals surface area contributed by atoms with Gasteiger partial charge in [0.1, 0.15) is 0 Å². The first-order chi connectivity index (χ1) is 7.42. The number of carboxylic acid groups (broad SMARTS) is 1. The van der Waals surface area contributed by atoms with Gasteiger partial charge in [-0.05, 0) is 35.4 Å². The van der Waals surface area contributed by atoms with E-state index in [-0.39, 0.29) is 17.8 Å². The third-order valence-corrected chi connectivity index (χ3v) is 3.78. The number of hydrogen-bond acceptors (Lipinski definition) is 1. The first-order valence-electron chi connectivity index (χ1n) is 5.72. The van der Waals surface area contributed by atoms with Gasteiger partial charge in [0.25, 0.3) is 0 Å². The molecule has 1 unspecified atom stereocenters. The van der Waals surface area contributed by atoms with Crippen LogP contribution >= 0.6 is 0 Å². The second-order valence-electron chi connectivity index (χ2n) is 5.46. The minimum absolute atomic E-state index is 0.0623. The van der Waals surface area contributed by atoms with Crippen molar-refractivity contribution in [2.45, 2.75) is 39.5 Å². The van der Waals surface area contributed by atoms with Gasteiger partial charge in [0, 0.05) is 5.92 Å². The molecule has 2 rings (SSSR count). The normalized spacial score (nSPS) is 21.8. The molecule has 1 N–H and O–H groups in total. The Hall–Kier alpha value is -1.31. The lowest BCUT2D eigenvalue weighted by atomic mass is 9.78. The fourth-order valence-electron chi connectivity index (χ4n) is 2.85. The molecule has 86 valence electrons. The van der Waals surface area contributed by atoms with E-state index in [1.54, 1.807) is 0 Å². The topological polar surface area (TPSA) is 37.3 Å². The van der Waals surface area contributed by atoms with Crippen LogP contribution in [0.25, 0.3) is 0 Å². The average Bonchev–Trinajstić information content (AvgIpc) is 2.41. The highest BCUT2D eigenvalue weighted by atomic mass is 16.4. The molecule has 0 saturated heterocycles. The van der Waals surface area contributed by atoms with E-state index in [0.29, 0.717) is 0 Å². The van der Waals surface area contributed by atoms with Gasteiger partial charge in [0.2, 0.25) is 0 Å². The van der Waals surface area contributed by atoms with Gasteiger partial charge in [-0.2, -0.15) is 0 Å². The van der Waals surface area contributed by atoms with Crippen LogP contribution in [0, 0.1) is 12.3 Å². The first-order valence-corrected chi connectivity index (χ1v) is 5.72. The van der Waals surface area contributed by atoms with Gasteiger partial charge in [0.15, 0.2) is 0 Å². The molecule has 0 amide bonds. The van der Waals surface area contributed by atoms with Crippen LogP contribution in [0.1, 0.15) is 42.9 Å². The summed E-state index contributed by atoms with van der Waals surface area (Å²) in [7, 11) is 0. The Morgan fingerprint density at radius 3 is 2.81 bits per heavy atom. The summed E-state index contributed by atoms with van der Waals surface area (Å²) in [5, 5.41) is 9.00. The molecule has 0 aliphatic heterocycles. The van der Waals surface area contributed by atoms with Crippen molar-refractivity contribution in [3.8, 4) is 0 Å². The number of carbonyl (C=O) groups is 1. The van der Waals surface area contributed by atoms with E-state index in [2.05, 4.69) is 32.9 Å². The summed E-state index contributed by atoms with van der Waals surface area (Å²) < 4.78 is 0. The standard InChI is InChI=1S/C14H18O2/c1-9-5-4-6-10-11(9)8-14(2,3)12(10)7-13(15)16/h4-6,12H,7-8H2,1-3H3,(H,15,16). The molecule has 0 aromatic heterocycles. The number of aliphatic carboxylic acids is 1. The molecule has 0 radical (unpaired) electrons. The molecule has 1 atom stereocenters. The summed E-state index contributed by atoms with van der Waals surface area (Å²) in [6, 6.07) is 6.23. The molecule has 16 heavy (non-hydrogen) atoms. The molecule has 0 fully saturated rings. The molecule has 2 nitrogen and oxygen atoms in total. The Kier molecular flexibility index (Phi) is 2.53. The lowest BCUT2D eigenvalue weighted by Crippen LogP contribution is -2.20. The molecular weight excluding hydrogens is 200 g/mol. The Morgan fingerprint density at radius 1 is 1.50 bits per heavy atom. The van der Waals surface area contributed by atoms with E-state index >= 15 is 0 Å². The average molecular weight is 218 g/mol. The molecule has 0 bridgehead atoms. The Labute approximate surface area is 96.3 Å². The maximum Gasteiger partial charge on any atom is 0.303 e. The van der Waals surface area contributed by atoms with Crippen molar-refractivity contribution >= 4 is 5.97 Å². The Bertz CT molecular complexity index is 432. The highest BCUT2D eigenvalue weighted by molar-refractivity contribution is 5.69. The zero-order chi connectivity index (χ0) is 11.9. The van der Waals surface area contributed by atoms with Gasteiger partial charge < -0.3 is 5.11 Å². The summed E-state index contributed by atoms with van der Waals surface area (Å²) in [6.07, 6.45) is 1.23. The van der Waals surface area contributed by atoms with Crippen LogP contribution in [0.2, 0.25) is 0 Å². The van der Waals surface area contributed by atoms with Crippen molar-refractivity contribution in [3.05, 3.63) is 34.9 Å². The van der Waals surface area contributed by atoms with Gasteiger partial charge >= 0.3 is 5.97 Å². The highest BCUT2D eigenvalue weighted by Crippen LogP contribution is 2.49. The van der Waals surface area contributed by atoms with Crippen molar-refractivity contribution in [1.82, 2.24) is 0 Å². The Morgan fingerprint density at radius 2 is 2.19 bits per heavy atom. The van der Waals surface area contributed by atoms with Crippen LogP contribution in [-0.4, -0.2) is 11.1 Å². The largest absolute Gasteiger partial charge is 0.481 e. The fraction of sp³-hybridized carbons (Fsp3) is 0.500. The SMILES string of the molecule is Cc1cccc2c1CC(C)(C)C2CC(=O)O. The van der Waals surface area contributed by atoms with Crippen molar-refractivity contribution in [2.24, 2.45) is 5.41 Å². The van der Waals surface area contributed by atoms with E-state index in [9.17, 15) is 4.79 Å². The van der Waals surface area contributed by atoms with Gasteiger partial charge in [-0.1, -0.05) is 32.0 Å². The Balaban J connectivity index is 2.45. The summed E-state index contributed by atoms with van der Waals surface area (Å²) in [5.41, 5.74) is 3.96. The summed E-state index contributed by atoms with van der Waals surface area (Å²) >= 11 is 0. The number of aryl methyl sites for hydroxylation is 1. The first kappa shape index (κ1) is 11.2. The zero-order valence-corrected chi connectivity index (χ0v) is 10.1. The van der Waals surface area contributed by atoms with E-state index in [0.717, 1.165) is 6.42 Å². The quantitative estimate of drug-likeness (QED) is 0.828. The second kappa shape index (κ2) is 3.62. The van der Waals surface area contributed by atoms with Crippen molar-refractivity contribution < 1.29 is 9.90 Å². The maximum absolute atomic E-state index is 10.9. The number of benzene rings is 1. The van der Waals surface area contributed by atoms with E-state index < -0.39 is 5.97 Å². The third-order valence-electron chi connectivity index (χ3n) is 3.78. The minimum atomic E-state index is -0.701. The third kappa shape index (κ3) is 1.73. The monoisotopic (exact) mass is 218 g/mol. The van der Waals surface area contributed by atoms with Crippen molar-refractivity contribution in [2.75, 3.05) is 0 Å². The lowest BCUT2D eigenvalue weighted by Gasteiger charge is -2.26. The molecule has 0 spiro atoms. The number of hydrogen-bond donors (Lipinski definition) is 1. The highest BCUT2D eigenvalue weighted by Gasteiger charge is 2.40. The smallest absolute Gasteiger partial charge is 0.303 e. The lowest BCUT2D eigenvalue weighted by molar-refractivity contribution is -0.138. The molecule has 2 heteroatoms. The van der Waals surface area contributed by atoms with E-state index in [1.165, 1.54) is 16.7 Å². The zero-order valence-electron chi connectivity index (χ0n) is 10.1. The van der Waals surface area contributed by atoms with Crippen LogP contribution in [0.15, 0.2) is 18.2 Å². The van der Waals surface area contributed by atoms with E-state index in [4.69, 9.17) is 5.11 Å². The van der Waals surface area contributed by atoms with Crippen LogP contribution < -0.4 is 0 Å². The van der Waals surface area contributed by atoms with Crippen molar-refractivity contribution in [3.63, 3.8) is 0 Å². The van der Waals surface area contributed by atoms with Crippen molar-refractivity contribution in [1.29, 1.82) is 0 Å². The second-order valence-corrected chi connectivity index (χ2v) is 5.46. The number of fused-ring (bicyclic) bond motifs is 1. The molecule has 1 aromatic rings. The van der Waals surface area contributed by atoms with Crippen LogP contribution in [0.5, 0.6) is 0 Å². The molecule has 0 heterocycles. The van der Waals surface area contributed by atoms with Crippen LogP contribution in [0.4, 0.5) is 0 Å². The molecule has 1 aliphatic rings. The fourth-order valence-corrected chi connectivity index (χ4v) is 2.85. The van der Waals surface area contributed by atoms with Crippen LogP contribution in [-0.2, 0) is 11.2 Å². The summed E-state index contributed by atoms with van der Waals surface area (Å²) in [4.78, 5) is 10.9. The predicted molar refractivity (Wildman–Crippen MR) is 63.7 cm³/mol. The van der Waals surface area contributed by atoms with E-state index in [1.807, 2.05) is 6.07 Å².